The molecule has 1 atom stereocenters. The van der Waals surface area contributed by atoms with Crippen LogP contribution in [0.3, 0.4) is 0 Å². The molecule has 0 aliphatic carbocycles. The highest BCUT2D eigenvalue weighted by atomic mass is 19.4. The van der Waals surface area contributed by atoms with Gasteiger partial charge in [0.05, 0.1) is 6.10 Å². The summed E-state index contributed by atoms with van der Waals surface area (Å²) in [5.74, 6) is 3.61. The summed E-state index contributed by atoms with van der Waals surface area (Å²) in [6.45, 7) is 3.35. The first-order valence-corrected chi connectivity index (χ1v) is 8.00. The molecule has 0 fully saturated rings. The van der Waals surface area contributed by atoms with Crippen molar-refractivity contribution in [2.24, 2.45) is 0 Å². The minimum Gasteiger partial charge on any atom is -0.388 e. The van der Waals surface area contributed by atoms with E-state index in [2.05, 4.69) is 11.8 Å². The molecule has 4 nitrogen and oxygen atoms in total. The number of alkyl halides is 3. The molecule has 1 unspecified atom stereocenters. The number of hydrogen-bond acceptors (Lipinski definition) is 3. The first-order chi connectivity index (χ1) is 11.6. The van der Waals surface area contributed by atoms with Crippen LogP contribution in [0.1, 0.15) is 50.3 Å². The fourth-order valence-corrected chi connectivity index (χ4v) is 2.03. The van der Waals surface area contributed by atoms with Crippen molar-refractivity contribution in [2.45, 2.75) is 51.0 Å². The second kappa shape index (κ2) is 8.88. The zero-order chi connectivity index (χ0) is 19.1. The van der Waals surface area contributed by atoms with Crippen LogP contribution in [0.15, 0.2) is 24.3 Å². The van der Waals surface area contributed by atoms with Gasteiger partial charge in [-0.2, -0.15) is 13.2 Å². The predicted molar refractivity (Wildman–Crippen MR) is 87.5 cm³/mol. The Hall–Kier alpha value is -2.04. The minimum atomic E-state index is -4.93. The molecule has 3 N–H and O–H groups in total. The normalized spacial score (nSPS) is 12.9. The number of hydrogen-bond donors (Lipinski definition) is 3. The van der Waals surface area contributed by atoms with Crippen LogP contribution in [0, 0.1) is 11.8 Å². The number of rotatable bonds is 6. The fourth-order valence-electron chi connectivity index (χ4n) is 2.03. The van der Waals surface area contributed by atoms with Crippen molar-refractivity contribution >= 4 is 5.91 Å². The molecule has 1 amide bonds. The molecule has 0 saturated carbocycles. The van der Waals surface area contributed by atoms with Crippen molar-refractivity contribution in [2.75, 3.05) is 6.54 Å². The molecule has 0 aromatic heterocycles. The molecule has 0 heterocycles. The Bertz CT molecular complexity index is 643. The zero-order valence-corrected chi connectivity index (χ0v) is 14.2. The maximum absolute atomic E-state index is 12.1. The largest absolute Gasteiger partial charge is 0.471 e. The molecular formula is C18H22F3NO3. The molecule has 0 aliphatic heterocycles. The van der Waals surface area contributed by atoms with E-state index >= 15 is 0 Å². The maximum Gasteiger partial charge on any atom is 0.471 e. The predicted octanol–water partition coefficient (Wildman–Crippen LogP) is 2.69. The van der Waals surface area contributed by atoms with Gasteiger partial charge >= 0.3 is 12.1 Å². The molecule has 1 aromatic carbocycles. The Morgan fingerprint density at radius 1 is 1.28 bits per heavy atom. The summed E-state index contributed by atoms with van der Waals surface area (Å²) < 4.78 is 36.2. The molecule has 0 radical (unpaired) electrons. The van der Waals surface area contributed by atoms with Crippen LogP contribution in [-0.4, -0.2) is 34.4 Å². The molecular weight excluding hydrogens is 335 g/mol. The second-order valence-corrected chi connectivity index (χ2v) is 5.67. The van der Waals surface area contributed by atoms with Crippen LogP contribution in [0.2, 0.25) is 0 Å². The number of nitrogens with one attached hydrogen (secondary N) is 1. The Morgan fingerprint density at radius 2 is 1.92 bits per heavy atom. The zero-order valence-electron chi connectivity index (χ0n) is 14.2. The lowest BCUT2D eigenvalue weighted by atomic mass is 9.97. The Labute approximate surface area is 145 Å². The summed E-state index contributed by atoms with van der Waals surface area (Å²) in [6.07, 6.45) is -5.07. The number of amides is 1. The van der Waals surface area contributed by atoms with Crippen LogP contribution in [-0.2, 0) is 4.79 Å². The smallest absolute Gasteiger partial charge is 0.388 e. The summed E-state index contributed by atoms with van der Waals surface area (Å²) in [6, 6.07) is 6.59. The van der Waals surface area contributed by atoms with Gasteiger partial charge in [-0.3, -0.25) is 4.79 Å². The molecule has 0 spiro atoms. The molecule has 25 heavy (non-hydrogen) atoms. The highest BCUT2D eigenvalue weighted by Gasteiger charge is 2.38. The molecule has 0 saturated heterocycles. The van der Waals surface area contributed by atoms with Gasteiger partial charge in [0.25, 0.3) is 0 Å². The summed E-state index contributed by atoms with van der Waals surface area (Å²) in [5, 5.41) is 21.9. The lowest BCUT2D eigenvalue weighted by molar-refractivity contribution is -0.173. The van der Waals surface area contributed by atoms with Gasteiger partial charge < -0.3 is 15.5 Å². The number of carbonyl (C=O) groups is 1. The maximum atomic E-state index is 12.1. The van der Waals surface area contributed by atoms with Gasteiger partial charge in [0, 0.05) is 12.1 Å². The summed E-state index contributed by atoms with van der Waals surface area (Å²) in [7, 11) is 0. The first-order valence-electron chi connectivity index (χ1n) is 8.00. The average molecular weight is 357 g/mol. The Kier molecular flexibility index (Phi) is 7.46. The molecule has 7 heteroatoms. The van der Waals surface area contributed by atoms with E-state index in [-0.39, 0.29) is 13.0 Å². The van der Waals surface area contributed by atoms with Crippen molar-refractivity contribution in [3.05, 3.63) is 35.4 Å². The van der Waals surface area contributed by atoms with E-state index in [0.717, 1.165) is 0 Å². The third-order valence-corrected chi connectivity index (χ3v) is 3.84. The van der Waals surface area contributed by atoms with Crippen molar-refractivity contribution in [1.82, 2.24) is 5.32 Å². The molecule has 138 valence electrons. The van der Waals surface area contributed by atoms with Gasteiger partial charge in [0.15, 0.2) is 0 Å². The lowest BCUT2D eigenvalue weighted by Crippen LogP contribution is -2.37. The van der Waals surface area contributed by atoms with E-state index in [0.29, 0.717) is 24.0 Å². The van der Waals surface area contributed by atoms with Gasteiger partial charge in [-0.1, -0.05) is 37.8 Å². The number of aliphatic hydroxyl groups excluding tert-OH is 1. The van der Waals surface area contributed by atoms with E-state index < -0.39 is 23.8 Å². The van der Waals surface area contributed by atoms with E-state index in [1.54, 1.807) is 29.6 Å². The number of benzene rings is 1. The van der Waals surface area contributed by atoms with Gasteiger partial charge in [-0.05, 0) is 37.0 Å². The highest BCUT2D eigenvalue weighted by molar-refractivity contribution is 5.81. The number of aliphatic hydroxyl groups is 2. The average Bonchev–Trinajstić information content (AvgIpc) is 2.59. The number of carbonyl (C=O) groups excluding carboxylic acids is 1. The highest BCUT2D eigenvalue weighted by Crippen LogP contribution is 2.19. The second-order valence-electron chi connectivity index (χ2n) is 5.67. The van der Waals surface area contributed by atoms with Gasteiger partial charge in [0.1, 0.15) is 5.60 Å². The lowest BCUT2D eigenvalue weighted by Gasteiger charge is -2.17. The van der Waals surface area contributed by atoms with Crippen LogP contribution in [0.5, 0.6) is 0 Å². The summed E-state index contributed by atoms with van der Waals surface area (Å²) in [4.78, 5) is 10.7. The minimum absolute atomic E-state index is 0.0629. The standard InChI is InChI=1S/C18H22F3NO3/c1-3-17(25,4-2)10-8-13-6-5-7-14(12-13)15(23)9-11-22-16(24)18(19,20)21/h5-7,12,15,23,25H,3-4,9,11H2,1-2H3,(H,22,24). The van der Waals surface area contributed by atoms with E-state index in [9.17, 15) is 28.2 Å². The molecule has 1 aromatic rings. The van der Waals surface area contributed by atoms with Crippen molar-refractivity contribution in [3.63, 3.8) is 0 Å². The van der Waals surface area contributed by atoms with Crippen molar-refractivity contribution < 1.29 is 28.2 Å². The summed E-state index contributed by atoms with van der Waals surface area (Å²) in [5.41, 5.74) is -0.0166. The van der Waals surface area contributed by atoms with E-state index in [1.807, 2.05) is 13.8 Å². The van der Waals surface area contributed by atoms with Gasteiger partial charge in [0.2, 0.25) is 0 Å². The van der Waals surface area contributed by atoms with Crippen molar-refractivity contribution in [3.8, 4) is 11.8 Å². The topological polar surface area (TPSA) is 69.6 Å². The monoisotopic (exact) mass is 357 g/mol. The van der Waals surface area contributed by atoms with Crippen molar-refractivity contribution in [1.29, 1.82) is 0 Å². The van der Waals surface area contributed by atoms with Crippen LogP contribution >= 0.6 is 0 Å². The Balaban J connectivity index is 2.71. The summed E-state index contributed by atoms with van der Waals surface area (Å²) >= 11 is 0. The quantitative estimate of drug-likeness (QED) is 0.686. The van der Waals surface area contributed by atoms with Crippen LogP contribution < -0.4 is 5.32 Å². The third kappa shape index (κ3) is 6.77. The first kappa shape index (κ1) is 21.0. The van der Waals surface area contributed by atoms with E-state index in [1.165, 1.54) is 0 Å². The van der Waals surface area contributed by atoms with Gasteiger partial charge in [-0.15, -0.1) is 0 Å². The molecule has 1 rings (SSSR count). The fraction of sp³-hybridized carbons (Fsp3) is 0.500. The molecule has 0 bridgehead atoms. The Morgan fingerprint density at radius 3 is 2.48 bits per heavy atom. The number of halogens is 3. The third-order valence-electron chi connectivity index (χ3n) is 3.84. The van der Waals surface area contributed by atoms with E-state index in [4.69, 9.17) is 0 Å². The van der Waals surface area contributed by atoms with Gasteiger partial charge in [-0.25, -0.2) is 0 Å². The SMILES string of the molecule is CCC(O)(C#Cc1cccc(C(O)CCNC(=O)C(F)(F)F)c1)CC. The van der Waals surface area contributed by atoms with Crippen LogP contribution in [0.25, 0.3) is 0 Å². The van der Waals surface area contributed by atoms with Crippen LogP contribution in [0.4, 0.5) is 13.2 Å². The molecule has 0 aliphatic rings.